The van der Waals surface area contributed by atoms with Crippen molar-refractivity contribution in [3.8, 4) is 5.75 Å². The third-order valence-electron chi connectivity index (χ3n) is 3.51. The topological polar surface area (TPSA) is 35.2 Å². The van der Waals surface area contributed by atoms with Crippen LogP contribution in [0.5, 0.6) is 5.75 Å². The van der Waals surface area contributed by atoms with Gasteiger partial charge in [-0.05, 0) is 18.9 Å². The van der Waals surface area contributed by atoms with Gasteiger partial charge in [0.2, 0.25) is 0 Å². The molecule has 0 bridgehead atoms. The summed E-state index contributed by atoms with van der Waals surface area (Å²) < 4.78 is 5.91. The van der Waals surface area contributed by atoms with Gasteiger partial charge in [0.25, 0.3) is 0 Å². The lowest BCUT2D eigenvalue weighted by atomic mass is 10.1. The molecule has 0 aliphatic rings. The zero-order valence-corrected chi connectivity index (χ0v) is 12.6. The zero-order chi connectivity index (χ0) is 13.9. The minimum absolute atomic E-state index is 0.550. The van der Waals surface area contributed by atoms with Gasteiger partial charge < -0.3 is 10.5 Å². The highest BCUT2D eigenvalue weighted by Gasteiger charge is 2.04. The van der Waals surface area contributed by atoms with Gasteiger partial charge in [0, 0.05) is 12.1 Å². The first-order valence-electron chi connectivity index (χ1n) is 7.71. The van der Waals surface area contributed by atoms with Crippen molar-refractivity contribution < 1.29 is 4.74 Å². The van der Waals surface area contributed by atoms with E-state index in [1.54, 1.807) is 0 Å². The molecule has 0 amide bonds. The minimum Gasteiger partial charge on any atom is -0.493 e. The number of nitrogens with two attached hydrogens (primary N) is 1. The second kappa shape index (κ2) is 9.85. The Morgan fingerprint density at radius 1 is 1.00 bits per heavy atom. The first-order valence-corrected chi connectivity index (χ1v) is 7.71. The normalized spacial score (nSPS) is 10.7. The Balaban J connectivity index is 2.19. The molecule has 0 heterocycles. The average molecular weight is 263 g/mol. The molecule has 0 atom stereocenters. The third-order valence-corrected chi connectivity index (χ3v) is 3.51. The van der Waals surface area contributed by atoms with Gasteiger partial charge in [0.1, 0.15) is 5.75 Å². The summed E-state index contributed by atoms with van der Waals surface area (Å²) in [6.45, 7) is 5.70. The molecule has 0 radical (unpaired) electrons. The highest BCUT2D eigenvalue weighted by molar-refractivity contribution is 5.40. The smallest absolute Gasteiger partial charge is 0.126 e. The summed E-state index contributed by atoms with van der Waals surface area (Å²) in [5.41, 5.74) is 8.04. The molecule has 1 aromatic carbocycles. The maximum Gasteiger partial charge on any atom is 0.126 e. The summed E-state index contributed by atoms with van der Waals surface area (Å²) in [6, 6.07) is 6.17. The van der Waals surface area contributed by atoms with Crippen LogP contribution in [0.4, 0.5) is 0 Å². The van der Waals surface area contributed by atoms with Gasteiger partial charge in [-0.25, -0.2) is 0 Å². The number of ether oxygens (including phenoxy) is 1. The number of hydrogen-bond acceptors (Lipinski definition) is 2. The molecule has 0 unspecified atom stereocenters. The number of benzene rings is 1. The van der Waals surface area contributed by atoms with Crippen LogP contribution in [-0.4, -0.2) is 6.61 Å². The van der Waals surface area contributed by atoms with E-state index in [1.807, 2.05) is 12.1 Å². The Labute approximate surface area is 118 Å². The third kappa shape index (κ3) is 6.11. The van der Waals surface area contributed by atoms with Gasteiger partial charge in [-0.15, -0.1) is 0 Å². The van der Waals surface area contributed by atoms with Crippen molar-refractivity contribution in [2.24, 2.45) is 5.73 Å². The summed E-state index contributed by atoms with van der Waals surface area (Å²) in [4.78, 5) is 0. The average Bonchev–Trinajstić information content (AvgIpc) is 2.43. The molecule has 0 saturated heterocycles. The largest absolute Gasteiger partial charge is 0.493 e. The first kappa shape index (κ1) is 16.0. The van der Waals surface area contributed by atoms with Crippen molar-refractivity contribution in [1.82, 2.24) is 0 Å². The number of unbranched alkanes of at least 4 members (excludes halogenated alkanes) is 6. The van der Waals surface area contributed by atoms with Gasteiger partial charge in [0.05, 0.1) is 6.61 Å². The van der Waals surface area contributed by atoms with Crippen LogP contribution in [0.2, 0.25) is 0 Å². The van der Waals surface area contributed by atoms with Crippen molar-refractivity contribution in [3.05, 3.63) is 29.3 Å². The molecule has 0 fully saturated rings. The molecule has 0 aliphatic carbocycles. The van der Waals surface area contributed by atoms with Gasteiger partial charge >= 0.3 is 0 Å². The van der Waals surface area contributed by atoms with E-state index in [-0.39, 0.29) is 0 Å². The Morgan fingerprint density at radius 3 is 2.37 bits per heavy atom. The summed E-state index contributed by atoms with van der Waals surface area (Å²) in [7, 11) is 0. The second-order valence-electron chi connectivity index (χ2n) is 5.24. The fraction of sp³-hybridized carbons (Fsp3) is 0.647. The van der Waals surface area contributed by atoms with Crippen molar-refractivity contribution >= 4 is 0 Å². The first-order chi connectivity index (χ1) is 9.29. The van der Waals surface area contributed by atoms with Crippen LogP contribution in [0.1, 0.15) is 63.0 Å². The fourth-order valence-corrected chi connectivity index (χ4v) is 2.31. The molecule has 2 heteroatoms. The van der Waals surface area contributed by atoms with Crippen molar-refractivity contribution in [2.45, 2.75) is 65.3 Å². The summed E-state index contributed by atoms with van der Waals surface area (Å²) >= 11 is 0. The van der Waals surface area contributed by atoms with Crippen LogP contribution in [-0.2, 0) is 6.54 Å². The van der Waals surface area contributed by atoms with E-state index in [1.165, 1.54) is 44.1 Å². The molecular formula is C17H29NO. The lowest BCUT2D eigenvalue weighted by molar-refractivity contribution is 0.299. The number of para-hydroxylation sites is 1. The van der Waals surface area contributed by atoms with E-state index in [0.717, 1.165) is 24.3 Å². The quantitative estimate of drug-likeness (QED) is 0.627. The van der Waals surface area contributed by atoms with E-state index in [2.05, 4.69) is 19.9 Å². The van der Waals surface area contributed by atoms with Crippen molar-refractivity contribution in [2.75, 3.05) is 6.61 Å². The van der Waals surface area contributed by atoms with Crippen LogP contribution in [0.3, 0.4) is 0 Å². The number of aryl methyl sites for hydroxylation is 1. The Hall–Kier alpha value is -1.02. The van der Waals surface area contributed by atoms with Gasteiger partial charge in [-0.1, -0.05) is 63.6 Å². The summed E-state index contributed by atoms with van der Waals surface area (Å²) in [5, 5.41) is 0. The molecular weight excluding hydrogens is 234 g/mol. The van der Waals surface area contributed by atoms with Crippen LogP contribution in [0.15, 0.2) is 18.2 Å². The van der Waals surface area contributed by atoms with Crippen LogP contribution < -0.4 is 10.5 Å². The molecule has 0 spiro atoms. The highest BCUT2D eigenvalue weighted by Crippen LogP contribution is 2.23. The fourth-order valence-electron chi connectivity index (χ4n) is 2.31. The van der Waals surface area contributed by atoms with Gasteiger partial charge in [-0.3, -0.25) is 0 Å². The minimum atomic E-state index is 0.550. The lowest BCUT2D eigenvalue weighted by Crippen LogP contribution is -2.05. The summed E-state index contributed by atoms with van der Waals surface area (Å²) in [6.07, 6.45) is 9.19. The van der Waals surface area contributed by atoms with Gasteiger partial charge in [0.15, 0.2) is 0 Å². The van der Waals surface area contributed by atoms with Crippen molar-refractivity contribution in [3.63, 3.8) is 0 Å². The van der Waals surface area contributed by atoms with Crippen molar-refractivity contribution in [1.29, 1.82) is 0 Å². The Bertz CT molecular complexity index is 349. The predicted octanol–water partition coefficient (Wildman–Crippen LogP) is 4.58. The highest BCUT2D eigenvalue weighted by atomic mass is 16.5. The maximum atomic E-state index is 5.91. The van der Waals surface area contributed by atoms with E-state index in [4.69, 9.17) is 10.5 Å². The Kier molecular flexibility index (Phi) is 8.31. The predicted molar refractivity (Wildman–Crippen MR) is 82.6 cm³/mol. The number of hydrogen-bond donors (Lipinski definition) is 1. The zero-order valence-electron chi connectivity index (χ0n) is 12.6. The number of rotatable bonds is 10. The van der Waals surface area contributed by atoms with E-state index in [9.17, 15) is 0 Å². The second-order valence-corrected chi connectivity index (χ2v) is 5.24. The van der Waals surface area contributed by atoms with Crippen LogP contribution in [0.25, 0.3) is 0 Å². The van der Waals surface area contributed by atoms with E-state index >= 15 is 0 Å². The molecule has 1 rings (SSSR count). The molecule has 0 aliphatic heterocycles. The van der Waals surface area contributed by atoms with Crippen LogP contribution in [0, 0.1) is 6.92 Å². The molecule has 108 valence electrons. The van der Waals surface area contributed by atoms with E-state index < -0.39 is 0 Å². The van der Waals surface area contributed by atoms with Gasteiger partial charge in [-0.2, -0.15) is 0 Å². The lowest BCUT2D eigenvalue weighted by Gasteiger charge is -2.13. The summed E-state index contributed by atoms with van der Waals surface area (Å²) in [5.74, 6) is 0.996. The SMILES string of the molecule is CCCCCCCCCOc1c(C)cccc1CN. The monoisotopic (exact) mass is 263 g/mol. The maximum absolute atomic E-state index is 5.91. The molecule has 19 heavy (non-hydrogen) atoms. The molecule has 2 N–H and O–H groups in total. The molecule has 2 nitrogen and oxygen atoms in total. The Morgan fingerprint density at radius 2 is 1.68 bits per heavy atom. The molecule has 0 aromatic heterocycles. The van der Waals surface area contributed by atoms with E-state index in [0.29, 0.717) is 6.54 Å². The molecule has 0 saturated carbocycles. The molecule has 1 aromatic rings. The standard InChI is InChI=1S/C17H29NO/c1-3-4-5-6-7-8-9-13-19-17-15(2)11-10-12-16(17)14-18/h10-12H,3-9,13-14,18H2,1-2H3. The van der Waals surface area contributed by atoms with Crippen LogP contribution >= 0.6 is 0 Å².